The lowest BCUT2D eigenvalue weighted by molar-refractivity contribution is -0.182. The van der Waals surface area contributed by atoms with E-state index in [1.807, 2.05) is 6.08 Å². The molecule has 3 fully saturated rings. The molecule has 8 nitrogen and oxygen atoms in total. The molecular formula is C35H39NO7. The zero-order valence-corrected chi connectivity index (χ0v) is 24.7. The highest BCUT2D eigenvalue weighted by atomic mass is 16.3. The third-order valence-corrected chi connectivity index (χ3v) is 10.7. The van der Waals surface area contributed by atoms with Crippen molar-refractivity contribution in [2.24, 2.45) is 47.2 Å². The van der Waals surface area contributed by atoms with E-state index >= 15 is 0 Å². The van der Waals surface area contributed by atoms with Crippen LogP contribution in [0, 0.1) is 41.4 Å². The van der Waals surface area contributed by atoms with Gasteiger partial charge in [-0.2, -0.15) is 0 Å². The smallest absolute Gasteiger partial charge is 0.235 e. The summed E-state index contributed by atoms with van der Waals surface area (Å²) in [5.74, 6) is -10.7. The highest BCUT2D eigenvalue weighted by Crippen LogP contribution is 2.53. The summed E-state index contributed by atoms with van der Waals surface area (Å²) in [6, 6.07) is 3.26. The van der Waals surface area contributed by atoms with Crippen LogP contribution in [0.4, 0.5) is 0 Å². The van der Waals surface area contributed by atoms with Crippen molar-refractivity contribution < 1.29 is 34.2 Å². The molecule has 0 bridgehead atoms. The number of aliphatic hydroxyl groups is 1. The number of allylic oxidation sites excluding steroid dienone is 6. The molecule has 5 aliphatic carbocycles. The third kappa shape index (κ3) is 4.57. The first-order valence-electron chi connectivity index (χ1n) is 15.6. The van der Waals surface area contributed by atoms with Gasteiger partial charge in [-0.3, -0.25) is 24.0 Å². The summed E-state index contributed by atoms with van der Waals surface area (Å²) in [6.45, 7) is 3.48. The Morgan fingerprint density at radius 2 is 1.77 bits per heavy atom. The summed E-state index contributed by atoms with van der Waals surface area (Å²) in [4.78, 5) is 67.0. The molecule has 0 saturated heterocycles. The van der Waals surface area contributed by atoms with E-state index < -0.39 is 64.2 Å². The van der Waals surface area contributed by atoms with E-state index in [0.29, 0.717) is 17.9 Å². The fraction of sp³-hybridized carbons (Fsp3) is 0.514. The number of carbonyl (C=O) groups excluding carboxylic acids is 5. The number of rotatable bonds is 5. The highest BCUT2D eigenvalue weighted by Gasteiger charge is 2.69. The first-order chi connectivity index (χ1) is 20.4. The van der Waals surface area contributed by atoms with Crippen molar-refractivity contribution in [3.63, 3.8) is 0 Å². The summed E-state index contributed by atoms with van der Waals surface area (Å²) >= 11 is 0. The van der Waals surface area contributed by atoms with Gasteiger partial charge in [-0.15, -0.1) is 0 Å². The topological polar surface area (TPSA) is 152 Å². The van der Waals surface area contributed by atoms with Gasteiger partial charge >= 0.3 is 0 Å². The number of hydrogen-bond acceptors (Lipinski definition) is 7. The van der Waals surface area contributed by atoms with Crippen LogP contribution in [-0.4, -0.2) is 44.9 Å². The Morgan fingerprint density at radius 1 is 1.05 bits per heavy atom. The second-order valence-corrected chi connectivity index (χ2v) is 13.5. The number of aromatic hydroxyl groups is 1. The summed E-state index contributed by atoms with van der Waals surface area (Å²) in [7, 11) is 0. The molecule has 6 rings (SSSR count). The minimum atomic E-state index is -2.68. The Kier molecular flexibility index (Phi) is 7.40. The molecule has 0 aromatic heterocycles. The third-order valence-electron chi connectivity index (χ3n) is 10.7. The van der Waals surface area contributed by atoms with E-state index in [1.165, 1.54) is 43.7 Å². The molecule has 6 atom stereocenters. The molecule has 3 saturated carbocycles. The van der Waals surface area contributed by atoms with Crippen molar-refractivity contribution in [2.45, 2.75) is 70.8 Å². The number of hydrogen-bond donors (Lipinski definition) is 3. The first-order valence-corrected chi connectivity index (χ1v) is 15.6. The molecule has 1 aromatic rings. The van der Waals surface area contributed by atoms with Crippen molar-refractivity contribution in [3.8, 4) is 5.75 Å². The predicted octanol–water partition coefficient (Wildman–Crippen LogP) is 4.06. The molecule has 8 heteroatoms. The summed E-state index contributed by atoms with van der Waals surface area (Å²) in [5.41, 5.74) is 6.41. The second kappa shape index (κ2) is 10.8. The fourth-order valence-electron chi connectivity index (χ4n) is 8.59. The lowest BCUT2D eigenvalue weighted by atomic mass is 9.49. The molecule has 2 unspecified atom stereocenters. The minimum absolute atomic E-state index is 0.0347. The maximum atomic E-state index is 14.0. The quantitative estimate of drug-likeness (QED) is 0.441. The van der Waals surface area contributed by atoms with Gasteiger partial charge in [0.05, 0.1) is 11.5 Å². The van der Waals surface area contributed by atoms with E-state index in [1.54, 1.807) is 19.9 Å². The van der Waals surface area contributed by atoms with Crippen LogP contribution in [0.1, 0.15) is 80.3 Å². The Balaban J connectivity index is 1.33. The molecule has 0 spiro atoms. The molecule has 0 radical (unpaired) electrons. The maximum absolute atomic E-state index is 14.0. The van der Waals surface area contributed by atoms with Crippen molar-refractivity contribution in [1.29, 1.82) is 0 Å². The lowest BCUT2D eigenvalue weighted by Gasteiger charge is -2.52. The van der Waals surface area contributed by atoms with E-state index in [0.717, 1.165) is 11.1 Å². The monoisotopic (exact) mass is 585 g/mol. The predicted molar refractivity (Wildman–Crippen MR) is 159 cm³/mol. The van der Waals surface area contributed by atoms with E-state index in [2.05, 4.69) is 18.2 Å². The molecule has 0 aliphatic heterocycles. The van der Waals surface area contributed by atoms with Gasteiger partial charge in [0, 0.05) is 11.8 Å². The van der Waals surface area contributed by atoms with Crippen molar-refractivity contribution in [3.05, 3.63) is 58.7 Å². The molecule has 43 heavy (non-hydrogen) atoms. The van der Waals surface area contributed by atoms with Crippen molar-refractivity contribution in [2.75, 3.05) is 0 Å². The summed E-state index contributed by atoms with van der Waals surface area (Å²) < 4.78 is 0. The van der Waals surface area contributed by atoms with Crippen LogP contribution in [-0.2, 0) is 25.6 Å². The number of ketones is 4. The number of phenols is 1. The number of benzene rings is 1. The SMILES string of the molecule is CC(C)[C@@H]1C(=O)C(C(N)=O)C(=O)[C@@]2(O)C(=O)C3C(=O)c4c(O)ccc(C5=CC=C(/C=C/C6CCCCC6)C5)c4C[C@H]3C[C@@H]12. The zero-order valence-electron chi connectivity index (χ0n) is 24.7. The molecule has 1 amide bonds. The molecule has 5 aliphatic rings. The number of phenolic OH excluding ortho intramolecular Hbond substituents is 1. The minimum Gasteiger partial charge on any atom is -0.507 e. The number of fused-ring (bicyclic) bond motifs is 3. The number of nitrogens with two attached hydrogens (primary N) is 1. The van der Waals surface area contributed by atoms with Gasteiger partial charge in [0.2, 0.25) is 5.91 Å². The standard InChI is InChI=1S/C35H39NO7/c1-17(2)26-24-16-21-15-23-22(20-11-10-19(14-20)9-8-18-6-4-3-5-7-18)12-13-25(37)28(23)31(39)27(21)32(40)35(24,43)33(41)29(30(26)38)34(36)42/h8-13,17-18,21,24,26-27,29,37,43H,3-7,14-16H2,1-2H3,(H2,36,42)/b9-8+/t21-,24-,26-,27?,29?,35-/m0/s1. The van der Waals surface area contributed by atoms with Crippen LogP contribution in [0.25, 0.3) is 5.57 Å². The largest absolute Gasteiger partial charge is 0.507 e. The van der Waals surface area contributed by atoms with E-state index in [4.69, 9.17) is 5.73 Å². The van der Waals surface area contributed by atoms with Gasteiger partial charge in [-0.05, 0) is 78.2 Å². The second-order valence-electron chi connectivity index (χ2n) is 13.5. The average Bonchev–Trinajstić information content (AvgIpc) is 3.43. The van der Waals surface area contributed by atoms with Gasteiger partial charge in [-0.1, -0.05) is 63.5 Å². The fourth-order valence-corrected chi connectivity index (χ4v) is 8.59. The van der Waals surface area contributed by atoms with Gasteiger partial charge in [0.1, 0.15) is 5.75 Å². The Morgan fingerprint density at radius 3 is 2.44 bits per heavy atom. The van der Waals surface area contributed by atoms with Crippen LogP contribution in [0.15, 0.2) is 42.0 Å². The Labute approximate surface area is 251 Å². The number of amides is 1. The summed E-state index contributed by atoms with van der Waals surface area (Å²) in [5, 5.41) is 22.6. The highest BCUT2D eigenvalue weighted by molar-refractivity contribution is 6.32. The van der Waals surface area contributed by atoms with Crippen LogP contribution in [0.2, 0.25) is 0 Å². The van der Waals surface area contributed by atoms with Gasteiger partial charge in [-0.25, -0.2) is 0 Å². The number of primary amides is 1. The number of carbonyl (C=O) groups is 5. The lowest BCUT2D eigenvalue weighted by Crippen LogP contribution is -2.71. The average molecular weight is 586 g/mol. The number of Topliss-reactive ketones (excluding diaryl/α,β-unsaturated/α-hetero) is 4. The van der Waals surface area contributed by atoms with Crippen LogP contribution in [0.3, 0.4) is 0 Å². The van der Waals surface area contributed by atoms with Gasteiger partial charge < -0.3 is 15.9 Å². The van der Waals surface area contributed by atoms with Crippen molar-refractivity contribution in [1.82, 2.24) is 0 Å². The Hall–Kier alpha value is -3.65. The van der Waals surface area contributed by atoms with Crippen LogP contribution >= 0.6 is 0 Å². The van der Waals surface area contributed by atoms with Gasteiger partial charge in [0.15, 0.2) is 34.7 Å². The maximum Gasteiger partial charge on any atom is 0.235 e. The van der Waals surface area contributed by atoms with Crippen molar-refractivity contribution >= 4 is 34.6 Å². The molecule has 1 aromatic carbocycles. The van der Waals surface area contributed by atoms with E-state index in [9.17, 15) is 34.2 Å². The van der Waals surface area contributed by atoms with E-state index in [-0.39, 0.29) is 30.1 Å². The van der Waals surface area contributed by atoms with Crippen LogP contribution < -0.4 is 5.73 Å². The Bertz CT molecular complexity index is 1520. The molecule has 4 N–H and O–H groups in total. The normalized spacial score (nSPS) is 32.9. The summed E-state index contributed by atoms with van der Waals surface area (Å²) in [6.07, 6.45) is 15.9. The zero-order chi connectivity index (χ0) is 30.8. The molecule has 0 heterocycles. The van der Waals surface area contributed by atoms with Crippen LogP contribution in [0.5, 0.6) is 5.75 Å². The molecule has 226 valence electrons. The first kappa shape index (κ1) is 29.4. The van der Waals surface area contributed by atoms with Gasteiger partial charge in [0.25, 0.3) is 0 Å². The molecular weight excluding hydrogens is 546 g/mol.